The van der Waals surface area contributed by atoms with Crippen LogP contribution in [0.2, 0.25) is 0 Å². The molecule has 0 spiro atoms. The second kappa shape index (κ2) is 5.59. The summed E-state index contributed by atoms with van der Waals surface area (Å²) in [5.74, 6) is 0.581. The van der Waals surface area contributed by atoms with Gasteiger partial charge in [0.1, 0.15) is 0 Å². The van der Waals surface area contributed by atoms with Crippen molar-refractivity contribution in [2.75, 3.05) is 0 Å². The molecule has 0 saturated heterocycles. The Morgan fingerprint density at radius 3 is 2.31 bits per heavy atom. The fourth-order valence-corrected chi connectivity index (χ4v) is 1.51. The number of hydrogen-bond acceptors (Lipinski definition) is 2. The number of rotatable bonds is 4. The van der Waals surface area contributed by atoms with Crippen molar-refractivity contribution in [3.05, 3.63) is 29.8 Å². The molecule has 0 heterocycles. The summed E-state index contributed by atoms with van der Waals surface area (Å²) in [6.45, 7) is 8.21. The van der Waals surface area contributed by atoms with Crippen LogP contribution in [0.5, 0.6) is 0 Å². The van der Waals surface area contributed by atoms with E-state index < -0.39 is 0 Å². The van der Waals surface area contributed by atoms with Gasteiger partial charge in [0, 0.05) is 0 Å². The average molecular weight is 217 g/mol. The van der Waals surface area contributed by atoms with Gasteiger partial charge >= 0.3 is 0 Å². The molecule has 0 bridgehead atoms. The van der Waals surface area contributed by atoms with Crippen LogP contribution in [0.4, 0.5) is 5.69 Å². The first-order valence-corrected chi connectivity index (χ1v) is 5.69. The lowest BCUT2D eigenvalue weighted by Crippen LogP contribution is -2.08. The van der Waals surface area contributed by atoms with E-state index in [2.05, 4.69) is 24.9 Å². The van der Waals surface area contributed by atoms with E-state index in [0.29, 0.717) is 11.6 Å². The summed E-state index contributed by atoms with van der Waals surface area (Å²) < 4.78 is 0. The molecule has 1 aromatic carbocycles. The van der Waals surface area contributed by atoms with Gasteiger partial charge in [-0.2, -0.15) is 0 Å². The molecule has 2 nitrogen and oxygen atoms in total. The van der Waals surface area contributed by atoms with Gasteiger partial charge in [-0.05, 0) is 23.5 Å². The van der Waals surface area contributed by atoms with Gasteiger partial charge < -0.3 is 0 Å². The standard InChI is InChI=1S/C14H19NO/c1-10(2)12-7-5-6-8-13(12)15-14(9-16)11(3)4/h5-11H,1-4H3. The van der Waals surface area contributed by atoms with Crippen LogP contribution < -0.4 is 0 Å². The Balaban J connectivity index is 3.17. The van der Waals surface area contributed by atoms with Gasteiger partial charge in [0.15, 0.2) is 6.29 Å². The molecule has 1 rings (SSSR count). The predicted octanol–water partition coefficient (Wildman–Crippen LogP) is 3.74. The number of hydrogen-bond donors (Lipinski definition) is 0. The van der Waals surface area contributed by atoms with E-state index in [4.69, 9.17) is 0 Å². The van der Waals surface area contributed by atoms with Crippen LogP contribution >= 0.6 is 0 Å². The van der Waals surface area contributed by atoms with Crippen molar-refractivity contribution in [1.29, 1.82) is 0 Å². The Kier molecular flexibility index (Phi) is 4.41. The first-order chi connectivity index (χ1) is 7.56. The molecule has 0 N–H and O–H groups in total. The van der Waals surface area contributed by atoms with Crippen LogP contribution in [-0.4, -0.2) is 12.0 Å². The van der Waals surface area contributed by atoms with E-state index in [9.17, 15) is 4.79 Å². The van der Waals surface area contributed by atoms with Crippen molar-refractivity contribution in [3.8, 4) is 0 Å². The molecule has 0 aliphatic carbocycles. The summed E-state index contributed by atoms with van der Waals surface area (Å²) in [6, 6.07) is 7.98. The monoisotopic (exact) mass is 217 g/mol. The third-order valence-electron chi connectivity index (χ3n) is 2.52. The van der Waals surface area contributed by atoms with E-state index in [1.54, 1.807) is 0 Å². The van der Waals surface area contributed by atoms with Crippen molar-refractivity contribution >= 4 is 17.7 Å². The number of para-hydroxylation sites is 1. The van der Waals surface area contributed by atoms with Gasteiger partial charge in [0.25, 0.3) is 0 Å². The Morgan fingerprint density at radius 2 is 1.81 bits per heavy atom. The van der Waals surface area contributed by atoms with Gasteiger partial charge in [-0.15, -0.1) is 0 Å². The zero-order chi connectivity index (χ0) is 12.1. The van der Waals surface area contributed by atoms with Crippen LogP contribution in [0.1, 0.15) is 39.2 Å². The summed E-state index contributed by atoms with van der Waals surface area (Å²) >= 11 is 0. The molecule has 0 radical (unpaired) electrons. The Labute approximate surface area is 97.4 Å². The minimum atomic E-state index is 0.165. The normalized spacial score (nSPS) is 12.2. The van der Waals surface area contributed by atoms with Gasteiger partial charge in [-0.3, -0.25) is 4.79 Å². The van der Waals surface area contributed by atoms with Crippen molar-refractivity contribution in [1.82, 2.24) is 0 Å². The Bertz CT molecular complexity index is 391. The van der Waals surface area contributed by atoms with Gasteiger partial charge in [0.2, 0.25) is 0 Å². The maximum absolute atomic E-state index is 10.9. The minimum absolute atomic E-state index is 0.165. The number of aldehydes is 1. The second-order valence-corrected chi connectivity index (χ2v) is 4.52. The zero-order valence-electron chi connectivity index (χ0n) is 10.4. The van der Waals surface area contributed by atoms with Crippen LogP contribution in [0.15, 0.2) is 29.3 Å². The summed E-state index contributed by atoms with van der Waals surface area (Å²) in [5.41, 5.74) is 2.70. The molecule has 16 heavy (non-hydrogen) atoms. The molecular formula is C14H19NO. The largest absolute Gasteiger partial charge is 0.297 e. The summed E-state index contributed by atoms with van der Waals surface area (Å²) in [6.07, 6.45) is 0.849. The second-order valence-electron chi connectivity index (χ2n) is 4.52. The Morgan fingerprint density at radius 1 is 1.19 bits per heavy atom. The maximum atomic E-state index is 10.9. The van der Waals surface area contributed by atoms with Gasteiger partial charge in [-0.25, -0.2) is 4.99 Å². The third kappa shape index (κ3) is 3.02. The first-order valence-electron chi connectivity index (χ1n) is 5.69. The van der Waals surface area contributed by atoms with E-state index in [0.717, 1.165) is 12.0 Å². The summed E-state index contributed by atoms with van der Waals surface area (Å²) in [4.78, 5) is 15.3. The van der Waals surface area contributed by atoms with Crippen molar-refractivity contribution < 1.29 is 4.79 Å². The molecule has 0 unspecified atom stereocenters. The SMILES string of the molecule is CC(C)C(C=O)=Nc1ccccc1C(C)C. The van der Waals surface area contributed by atoms with Gasteiger partial charge in [-0.1, -0.05) is 45.9 Å². The lowest BCUT2D eigenvalue weighted by Gasteiger charge is -2.10. The van der Waals surface area contributed by atoms with E-state index >= 15 is 0 Å². The first kappa shape index (κ1) is 12.6. The molecule has 1 aromatic rings. The number of carbonyl (C=O) groups excluding carboxylic acids is 1. The number of carbonyl (C=O) groups is 1. The zero-order valence-corrected chi connectivity index (χ0v) is 10.4. The predicted molar refractivity (Wildman–Crippen MR) is 68.5 cm³/mol. The fraction of sp³-hybridized carbons (Fsp3) is 0.429. The van der Waals surface area contributed by atoms with Crippen LogP contribution in [-0.2, 0) is 4.79 Å². The van der Waals surface area contributed by atoms with E-state index in [1.165, 1.54) is 5.56 Å². The summed E-state index contributed by atoms with van der Waals surface area (Å²) in [7, 11) is 0. The molecule has 86 valence electrons. The minimum Gasteiger partial charge on any atom is -0.297 e. The summed E-state index contributed by atoms with van der Waals surface area (Å²) in [5, 5.41) is 0. The highest BCUT2D eigenvalue weighted by Crippen LogP contribution is 2.26. The lowest BCUT2D eigenvalue weighted by molar-refractivity contribution is -0.102. The highest BCUT2D eigenvalue weighted by atomic mass is 16.1. The molecule has 0 atom stereocenters. The lowest BCUT2D eigenvalue weighted by atomic mass is 10.0. The molecule has 0 saturated carbocycles. The molecule has 0 aliphatic rings. The van der Waals surface area contributed by atoms with E-state index in [-0.39, 0.29) is 5.92 Å². The molecule has 0 fully saturated rings. The number of nitrogens with zero attached hydrogens (tertiary/aromatic N) is 1. The van der Waals surface area contributed by atoms with Crippen molar-refractivity contribution in [2.24, 2.45) is 10.9 Å². The smallest absolute Gasteiger partial charge is 0.164 e. The highest BCUT2D eigenvalue weighted by molar-refractivity contribution is 6.29. The molecule has 0 aromatic heterocycles. The van der Waals surface area contributed by atoms with Gasteiger partial charge in [0.05, 0.1) is 11.4 Å². The Hall–Kier alpha value is -1.44. The number of aliphatic imine (C=N–C) groups is 1. The quantitative estimate of drug-likeness (QED) is 0.558. The maximum Gasteiger partial charge on any atom is 0.164 e. The van der Waals surface area contributed by atoms with Crippen molar-refractivity contribution in [2.45, 2.75) is 33.6 Å². The molecular weight excluding hydrogens is 198 g/mol. The third-order valence-corrected chi connectivity index (χ3v) is 2.52. The molecule has 0 amide bonds. The average Bonchev–Trinajstić information content (AvgIpc) is 2.25. The molecule has 0 aliphatic heterocycles. The van der Waals surface area contributed by atoms with Crippen LogP contribution in [0.25, 0.3) is 0 Å². The number of benzene rings is 1. The van der Waals surface area contributed by atoms with Crippen LogP contribution in [0, 0.1) is 5.92 Å². The topological polar surface area (TPSA) is 29.4 Å². The van der Waals surface area contributed by atoms with Crippen LogP contribution in [0.3, 0.4) is 0 Å². The van der Waals surface area contributed by atoms with Crippen molar-refractivity contribution in [3.63, 3.8) is 0 Å². The highest BCUT2D eigenvalue weighted by Gasteiger charge is 2.08. The molecule has 2 heteroatoms. The fourth-order valence-electron chi connectivity index (χ4n) is 1.51. The van der Waals surface area contributed by atoms with E-state index in [1.807, 2.05) is 32.0 Å².